The molecule has 0 aromatic heterocycles. The van der Waals surface area contributed by atoms with E-state index in [1.165, 1.54) is 27.1 Å². The number of hydrogen-bond acceptors (Lipinski definition) is 5. The number of rotatable bonds is 8. The molecule has 1 aromatic rings. The van der Waals surface area contributed by atoms with Crippen LogP contribution in [0.15, 0.2) is 17.2 Å². The first-order chi connectivity index (χ1) is 10.6. The predicted octanol–water partition coefficient (Wildman–Crippen LogP) is 2.40. The van der Waals surface area contributed by atoms with E-state index in [-0.39, 0.29) is 5.75 Å². The quantitative estimate of drug-likeness (QED) is 0.295. The van der Waals surface area contributed by atoms with Crippen LogP contribution in [0.4, 0.5) is 0 Å². The smallest absolute Gasteiger partial charge is 0.200 e. The second-order valence-corrected chi connectivity index (χ2v) is 5.02. The van der Waals surface area contributed by atoms with Crippen LogP contribution in [0, 0.1) is 0 Å². The number of phenols is 1. The number of phenolic OH excluding ortho intramolecular Hbond substituents is 1. The van der Waals surface area contributed by atoms with Gasteiger partial charge in [-0.3, -0.25) is 5.43 Å². The van der Waals surface area contributed by atoms with Crippen molar-refractivity contribution in [1.82, 2.24) is 10.7 Å². The maximum atomic E-state index is 9.83. The minimum Gasteiger partial charge on any atom is -0.502 e. The Morgan fingerprint density at radius 2 is 1.91 bits per heavy atom. The first-order valence-electron chi connectivity index (χ1n) is 7.14. The SMILES string of the molecule is CCCCCNC(=S)N/N=C/c1cc(OC)c(O)c(OC)c1. The molecule has 0 atom stereocenters. The number of hydrazone groups is 1. The summed E-state index contributed by atoms with van der Waals surface area (Å²) < 4.78 is 10.2. The van der Waals surface area contributed by atoms with E-state index >= 15 is 0 Å². The second-order valence-electron chi connectivity index (χ2n) is 4.61. The summed E-state index contributed by atoms with van der Waals surface area (Å²) in [4.78, 5) is 0. The number of nitrogens with one attached hydrogen (secondary N) is 2. The van der Waals surface area contributed by atoms with Crippen LogP contribution in [-0.4, -0.2) is 37.2 Å². The third kappa shape index (κ3) is 5.77. The number of hydrogen-bond donors (Lipinski definition) is 3. The number of methoxy groups -OCH3 is 2. The zero-order chi connectivity index (χ0) is 16.4. The van der Waals surface area contributed by atoms with E-state index in [1.807, 2.05) is 0 Å². The van der Waals surface area contributed by atoms with Gasteiger partial charge in [-0.1, -0.05) is 19.8 Å². The largest absolute Gasteiger partial charge is 0.502 e. The fraction of sp³-hybridized carbons (Fsp3) is 0.467. The van der Waals surface area contributed by atoms with E-state index in [0.29, 0.717) is 22.2 Å². The average molecular weight is 325 g/mol. The zero-order valence-corrected chi connectivity index (χ0v) is 14.0. The van der Waals surface area contributed by atoms with Gasteiger partial charge in [0.25, 0.3) is 0 Å². The normalized spacial score (nSPS) is 10.5. The van der Waals surface area contributed by atoms with Gasteiger partial charge in [0.1, 0.15) is 0 Å². The number of ether oxygens (including phenoxy) is 2. The molecule has 0 saturated carbocycles. The Balaban J connectivity index is 2.57. The molecule has 1 aromatic carbocycles. The van der Waals surface area contributed by atoms with E-state index in [2.05, 4.69) is 22.8 Å². The summed E-state index contributed by atoms with van der Waals surface area (Å²) in [7, 11) is 2.95. The lowest BCUT2D eigenvalue weighted by Gasteiger charge is -2.09. The van der Waals surface area contributed by atoms with Crippen molar-refractivity contribution in [3.8, 4) is 17.2 Å². The highest BCUT2D eigenvalue weighted by molar-refractivity contribution is 7.80. The van der Waals surface area contributed by atoms with Crippen LogP contribution >= 0.6 is 12.2 Å². The molecule has 0 amide bonds. The Bertz CT molecular complexity index is 496. The van der Waals surface area contributed by atoms with Crippen LogP contribution in [0.3, 0.4) is 0 Å². The molecule has 22 heavy (non-hydrogen) atoms. The minimum absolute atomic E-state index is 0.0387. The highest BCUT2D eigenvalue weighted by atomic mass is 32.1. The topological polar surface area (TPSA) is 75.1 Å². The monoisotopic (exact) mass is 325 g/mol. The lowest BCUT2D eigenvalue weighted by Crippen LogP contribution is -2.32. The standard InChI is InChI=1S/C15H23N3O3S/c1-4-5-6-7-16-15(22)18-17-10-11-8-12(20-2)14(19)13(9-11)21-3/h8-10,19H,4-7H2,1-3H3,(H2,16,18,22)/b17-10+. The Hall–Kier alpha value is -2.02. The van der Waals surface area contributed by atoms with Crippen molar-refractivity contribution in [1.29, 1.82) is 0 Å². The number of nitrogens with zero attached hydrogens (tertiary/aromatic N) is 1. The summed E-state index contributed by atoms with van der Waals surface area (Å²) >= 11 is 5.11. The molecule has 0 spiro atoms. The molecule has 6 nitrogen and oxygen atoms in total. The molecular formula is C15H23N3O3S. The Kier molecular flexibility index (Phi) is 8.06. The van der Waals surface area contributed by atoms with Gasteiger partial charge >= 0.3 is 0 Å². The molecule has 0 fully saturated rings. The molecule has 122 valence electrons. The number of unbranched alkanes of at least 4 members (excludes halogenated alkanes) is 2. The Morgan fingerprint density at radius 1 is 1.27 bits per heavy atom. The third-order valence-electron chi connectivity index (χ3n) is 2.95. The first-order valence-corrected chi connectivity index (χ1v) is 7.55. The van der Waals surface area contributed by atoms with Crippen LogP contribution in [-0.2, 0) is 0 Å². The van der Waals surface area contributed by atoms with Gasteiger partial charge in [-0.15, -0.1) is 0 Å². The summed E-state index contributed by atoms with van der Waals surface area (Å²) in [5, 5.41) is 17.4. The number of thiocarbonyl (C=S) groups is 1. The van der Waals surface area contributed by atoms with Crippen molar-refractivity contribution >= 4 is 23.5 Å². The maximum Gasteiger partial charge on any atom is 0.200 e. The molecule has 0 bridgehead atoms. The lowest BCUT2D eigenvalue weighted by atomic mass is 10.2. The number of benzene rings is 1. The van der Waals surface area contributed by atoms with Crippen molar-refractivity contribution in [3.05, 3.63) is 17.7 Å². The highest BCUT2D eigenvalue weighted by Gasteiger charge is 2.10. The fourth-order valence-electron chi connectivity index (χ4n) is 1.77. The average Bonchev–Trinajstić information content (AvgIpc) is 2.52. The van der Waals surface area contributed by atoms with E-state index in [9.17, 15) is 5.11 Å². The maximum absolute atomic E-state index is 9.83. The molecule has 0 saturated heterocycles. The van der Waals surface area contributed by atoms with E-state index in [0.717, 1.165) is 13.0 Å². The van der Waals surface area contributed by atoms with Gasteiger partial charge in [-0.05, 0) is 30.8 Å². The van der Waals surface area contributed by atoms with Crippen molar-refractivity contribution < 1.29 is 14.6 Å². The summed E-state index contributed by atoms with van der Waals surface area (Å²) in [6, 6.07) is 3.31. The third-order valence-corrected chi connectivity index (χ3v) is 3.18. The van der Waals surface area contributed by atoms with Gasteiger partial charge in [-0.2, -0.15) is 5.10 Å². The van der Waals surface area contributed by atoms with Crippen molar-refractivity contribution in [2.24, 2.45) is 5.10 Å². The van der Waals surface area contributed by atoms with Gasteiger partial charge in [0.05, 0.1) is 20.4 Å². The van der Waals surface area contributed by atoms with Gasteiger partial charge in [-0.25, -0.2) is 0 Å². The number of aromatic hydroxyl groups is 1. The van der Waals surface area contributed by atoms with Crippen molar-refractivity contribution in [2.45, 2.75) is 26.2 Å². The van der Waals surface area contributed by atoms with Crippen LogP contribution in [0.1, 0.15) is 31.7 Å². The van der Waals surface area contributed by atoms with Crippen LogP contribution in [0.25, 0.3) is 0 Å². The Morgan fingerprint density at radius 3 is 2.45 bits per heavy atom. The van der Waals surface area contributed by atoms with Crippen LogP contribution in [0.5, 0.6) is 17.2 Å². The van der Waals surface area contributed by atoms with Gasteiger partial charge in [0.2, 0.25) is 5.75 Å². The second kappa shape index (κ2) is 9.83. The minimum atomic E-state index is -0.0387. The first kappa shape index (κ1) is 18.0. The highest BCUT2D eigenvalue weighted by Crippen LogP contribution is 2.36. The molecule has 0 aliphatic heterocycles. The van der Waals surface area contributed by atoms with Crippen molar-refractivity contribution in [3.63, 3.8) is 0 Å². The van der Waals surface area contributed by atoms with Gasteiger partial charge in [0.15, 0.2) is 16.6 Å². The molecule has 3 N–H and O–H groups in total. The van der Waals surface area contributed by atoms with Crippen LogP contribution in [0.2, 0.25) is 0 Å². The fourth-order valence-corrected chi connectivity index (χ4v) is 1.92. The van der Waals surface area contributed by atoms with Gasteiger partial charge < -0.3 is 19.9 Å². The molecule has 0 aliphatic carbocycles. The van der Waals surface area contributed by atoms with Crippen LogP contribution < -0.4 is 20.2 Å². The van der Waals surface area contributed by atoms with E-state index in [4.69, 9.17) is 21.7 Å². The molecule has 0 unspecified atom stereocenters. The zero-order valence-electron chi connectivity index (χ0n) is 13.2. The molecule has 1 rings (SSSR count). The molecule has 7 heteroatoms. The predicted molar refractivity (Wildman–Crippen MR) is 92.1 cm³/mol. The molecule has 0 heterocycles. The molecule has 0 aliphatic rings. The van der Waals surface area contributed by atoms with E-state index in [1.54, 1.807) is 18.3 Å². The van der Waals surface area contributed by atoms with Crippen molar-refractivity contribution in [2.75, 3.05) is 20.8 Å². The summed E-state index contributed by atoms with van der Waals surface area (Å²) in [6.07, 6.45) is 5.00. The van der Waals surface area contributed by atoms with Gasteiger partial charge in [0, 0.05) is 12.1 Å². The molecule has 0 radical (unpaired) electrons. The summed E-state index contributed by atoms with van der Waals surface area (Å²) in [5.41, 5.74) is 3.46. The lowest BCUT2D eigenvalue weighted by molar-refractivity contribution is 0.340. The van der Waals surface area contributed by atoms with E-state index < -0.39 is 0 Å². The summed E-state index contributed by atoms with van der Waals surface area (Å²) in [5.74, 6) is 0.602. The molecular weight excluding hydrogens is 302 g/mol. The summed E-state index contributed by atoms with van der Waals surface area (Å²) in [6.45, 7) is 2.98. The Labute approximate surface area is 136 Å².